The van der Waals surface area contributed by atoms with Crippen molar-refractivity contribution in [2.24, 2.45) is 0 Å². The van der Waals surface area contributed by atoms with Crippen LogP contribution in [0.25, 0.3) is 11.7 Å². The van der Waals surface area contributed by atoms with Gasteiger partial charge in [-0.3, -0.25) is 18.9 Å². The summed E-state index contributed by atoms with van der Waals surface area (Å²) >= 11 is 6.56. The third-order valence-corrected chi connectivity index (χ3v) is 6.75. The molecule has 0 spiro atoms. The number of halogens is 1. The molecule has 1 aromatic carbocycles. The summed E-state index contributed by atoms with van der Waals surface area (Å²) < 4.78 is 20.5. The van der Waals surface area contributed by atoms with Gasteiger partial charge in [0, 0.05) is 26.0 Å². The number of aromatic nitrogens is 2. The van der Waals surface area contributed by atoms with Gasteiger partial charge in [-0.15, -0.1) is 0 Å². The molecule has 2 aromatic heterocycles. The van der Waals surface area contributed by atoms with Gasteiger partial charge >= 0.3 is 0 Å². The number of carbonyl (C=O) groups is 1. The average Bonchev–Trinajstić information content (AvgIpc) is 3.10. The molecule has 1 N–H and O–H groups in total. The van der Waals surface area contributed by atoms with Crippen molar-refractivity contribution in [2.45, 2.75) is 26.8 Å². The molecule has 3 aromatic rings. The summed E-state index contributed by atoms with van der Waals surface area (Å²) in [4.78, 5) is 33.0. The number of hydrogen-bond acceptors (Lipinski definition) is 7. The van der Waals surface area contributed by atoms with Crippen molar-refractivity contribution in [3.8, 4) is 0 Å². The number of fused-ring (bicyclic) bond motifs is 1. The molecule has 1 fully saturated rings. The number of amides is 1. The lowest BCUT2D eigenvalue weighted by Gasteiger charge is -2.14. The van der Waals surface area contributed by atoms with Crippen molar-refractivity contribution in [3.63, 3.8) is 0 Å². The van der Waals surface area contributed by atoms with Crippen LogP contribution in [0.4, 0.5) is 10.2 Å². The summed E-state index contributed by atoms with van der Waals surface area (Å²) in [5.41, 5.74) is 2.18. The number of nitrogens with zero attached hydrogens (tertiary/aromatic N) is 3. The molecule has 0 atom stereocenters. The molecule has 1 aliphatic rings. The van der Waals surface area contributed by atoms with Gasteiger partial charge in [0.05, 0.1) is 17.0 Å². The minimum absolute atomic E-state index is 0.221. The van der Waals surface area contributed by atoms with Gasteiger partial charge in [0.1, 0.15) is 21.6 Å². The maximum absolute atomic E-state index is 13.4. The number of thiocarbonyl (C=S) groups is 1. The molecule has 0 bridgehead atoms. The number of ether oxygens (including phenoxy) is 1. The van der Waals surface area contributed by atoms with Gasteiger partial charge in [-0.2, -0.15) is 0 Å². The molecule has 35 heavy (non-hydrogen) atoms. The fourth-order valence-corrected chi connectivity index (χ4v) is 4.83. The van der Waals surface area contributed by atoms with Gasteiger partial charge in [0.15, 0.2) is 0 Å². The van der Waals surface area contributed by atoms with Gasteiger partial charge in [0.2, 0.25) is 0 Å². The molecule has 0 aliphatic carbocycles. The fourth-order valence-electron chi connectivity index (χ4n) is 3.59. The van der Waals surface area contributed by atoms with Gasteiger partial charge in [-0.25, -0.2) is 9.37 Å². The van der Waals surface area contributed by atoms with Crippen LogP contribution in [-0.2, 0) is 16.1 Å². The van der Waals surface area contributed by atoms with Crippen LogP contribution in [0.3, 0.4) is 0 Å². The van der Waals surface area contributed by atoms with Crippen LogP contribution in [0, 0.1) is 12.7 Å². The van der Waals surface area contributed by atoms with Crippen LogP contribution in [0.1, 0.15) is 30.0 Å². The standard InChI is InChI=1S/C25H25FN4O3S2/c1-3-33-12-4-11-27-22-19(23(31)29-14-16(2)5-10-21(29)28-22)13-20-24(32)30(25(34)35-20)15-17-6-8-18(26)9-7-17/h5-10,13-14,27H,3-4,11-12,15H2,1-2H3. The zero-order chi connectivity index (χ0) is 24.9. The lowest BCUT2D eigenvalue weighted by Crippen LogP contribution is -2.27. The van der Waals surface area contributed by atoms with Crippen LogP contribution in [0.2, 0.25) is 0 Å². The number of hydrogen-bond donors (Lipinski definition) is 1. The predicted octanol–water partition coefficient (Wildman–Crippen LogP) is 4.38. The zero-order valence-electron chi connectivity index (χ0n) is 19.4. The Bertz CT molecular complexity index is 1360. The third kappa shape index (κ3) is 5.77. The Morgan fingerprint density at radius 2 is 1.97 bits per heavy atom. The monoisotopic (exact) mass is 512 g/mol. The summed E-state index contributed by atoms with van der Waals surface area (Å²) in [6.07, 6.45) is 4.02. The number of pyridine rings is 1. The van der Waals surface area contributed by atoms with Crippen molar-refractivity contribution in [2.75, 3.05) is 25.1 Å². The highest BCUT2D eigenvalue weighted by atomic mass is 32.2. The van der Waals surface area contributed by atoms with Gasteiger partial charge in [-0.1, -0.05) is 42.2 Å². The van der Waals surface area contributed by atoms with Crippen LogP contribution < -0.4 is 10.9 Å². The Morgan fingerprint density at radius 1 is 1.20 bits per heavy atom. The maximum atomic E-state index is 13.4. The first-order valence-corrected chi connectivity index (χ1v) is 12.4. The first-order chi connectivity index (χ1) is 16.9. The summed E-state index contributed by atoms with van der Waals surface area (Å²) in [6.45, 7) is 5.84. The molecular formula is C25H25FN4O3S2. The molecular weight excluding hydrogens is 487 g/mol. The molecule has 3 heterocycles. The van der Waals surface area contributed by atoms with Gasteiger partial charge in [-0.05, 0) is 55.7 Å². The number of rotatable bonds is 9. The fraction of sp³-hybridized carbons (Fsp3) is 0.280. The molecule has 182 valence electrons. The Hall–Kier alpha value is -3.08. The van der Waals surface area contributed by atoms with Crippen LogP contribution in [-0.4, -0.2) is 44.3 Å². The average molecular weight is 513 g/mol. The Morgan fingerprint density at radius 3 is 2.71 bits per heavy atom. The van der Waals surface area contributed by atoms with E-state index < -0.39 is 0 Å². The minimum Gasteiger partial charge on any atom is -0.382 e. The van der Waals surface area contributed by atoms with E-state index in [9.17, 15) is 14.0 Å². The van der Waals surface area contributed by atoms with E-state index in [1.807, 2.05) is 19.9 Å². The number of aryl methyl sites for hydroxylation is 1. The molecule has 0 saturated carbocycles. The van der Waals surface area contributed by atoms with Crippen LogP contribution in [0.15, 0.2) is 52.3 Å². The molecule has 4 rings (SSSR count). The highest BCUT2D eigenvalue weighted by Crippen LogP contribution is 2.34. The smallest absolute Gasteiger partial charge is 0.267 e. The summed E-state index contributed by atoms with van der Waals surface area (Å²) in [7, 11) is 0. The van der Waals surface area contributed by atoms with E-state index in [1.54, 1.807) is 30.5 Å². The maximum Gasteiger partial charge on any atom is 0.267 e. The largest absolute Gasteiger partial charge is 0.382 e. The summed E-state index contributed by atoms with van der Waals surface area (Å²) in [5, 5.41) is 3.22. The normalized spacial score (nSPS) is 14.9. The van der Waals surface area contributed by atoms with E-state index in [4.69, 9.17) is 17.0 Å². The zero-order valence-corrected chi connectivity index (χ0v) is 21.0. The van der Waals surface area contributed by atoms with Crippen molar-refractivity contribution in [3.05, 3.63) is 80.4 Å². The van der Waals surface area contributed by atoms with Crippen molar-refractivity contribution in [1.82, 2.24) is 14.3 Å². The van der Waals surface area contributed by atoms with E-state index in [-0.39, 0.29) is 29.4 Å². The van der Waals surface area contributed by atoms with E-state index in [1.165, 1.54) is 21.4 Å². The molecule has 1 amide bonds. The number of anilines is 1. The summed E-state index contributed by atoms with van der Waals surface area (Å²) in [5.74, 6) is -0.251. The molecule has 1 aliphatic heterocycles. The number of thioether (sulfide) groups is 1. The minimum atomic E-state index is -0.347. The van der Waals surface area contributed by atoms with Gasteiger partial charge < -0.3 is 10.1 Å². The van der Waals surface area contributed by atoms with Crippen LogP contribution in [0.5, 0.6) is 0 Å². The highest BCUT2D eigenvalue weighted by molar-refractivity contribution is 8.26. The van der Waals surface area contributed by atoms with E-state index in [2.05, 4.69) is 10.3 Å². The third-order valence-electron chi connectivity index (χ3n) is 5.37. The quantitative estimate of drug-likeness (QED) is 0.259. The molecule has 7 nitrogen and oxygen atoms in total. The SMILES string of the molecule is CCOCCCNc1nc2ccc(C)cn2c(=O)c1C=C1SC(=S)N(Cc2ccc(F)cc2)C1=O. The van der Waals surface area contributed by atoms with E-state index >= 15 is 0 Å². The van der Waals surface area contributed by atoms with Gasteiger partial charge in [0.25, 0.3) is 11.5 Å². The van der Waals surface area contributed by atoms with Crippen LogP contribution >= 0.6 is 24.0 Å². The van der Waals surface area contributed by atoms with E-state index in [0.717, 1.165) is 29.3 Å². The Balaban J connectivity index is 1.67. The lowest BCUT2D eigenvalue weighted by molar-refractivity contribution is -0.122. The number of nitrogens with one attached hydrogen (secondary N) is 1. The first-order valence-electron chi connectivity index (χ1n) is 11.2. The van der Waals surface area contributed by atoms with E-state index in [0.29, 0.717) is 40.4 Å². The second kappa shape index (κ2) is 11.1. The topological polar surface area (TPSA) is 75.9 Å². The molecule has 0 unspecified atom stereocenters. The number of benzene rings is 1. The van der Waals surface area contributed by atoms with Crippen molar-refractivity contribution < 1.29 is 13.9 Å². The molecule has 0 radical (unpaired) electrons. The highest BCUT2D eigenvalue weighted by Gasteiger charge is 2.32. The Kier molecular flexibility index (Phi) is 7.94. The van der Waals surface area contributed by atoms with Crippen molar-refractivity contribution >= 4 is 51.7 Å². The number of carbonyl (C=O) groups excluding carboxylic acids is 1. The molecule has 10 heteroatoms. The Labute approximate surface area is 212 Å². The summed E-state index contributed by atoms with van der Waals surface area (Å²) in [6, 6.07) is 9.59. The second-order valence-electron chi connectivity index (χ2n) is 7.99. The predicted molar refractivity (Wildman–Crippen MR) is 141 cm³/mol. The molecule has 1 saturated heterocycles. The lowest BCUT2D eigenvalue weighted by atomic mass is 10.2. The first kappa shape index (κ1) is 25.0. The second-order valence-corrected chi connectivity index (χ2v) is 9.66. The van der Waals surface area contributed by atoms with Crippen molar-refractivity contribution in [1.29, 1.82) is 0 Å².